The number of likely N-dealkylation sites (tertiary alicyclic amines) is 1. The van der Waals surface area contributed by atoms with Gasteiger partial charge in [-0.15, -0.1) is 0 Å². The van der Waals surface area contributed by atoms with E-state index >= 15 is 0 Å². The lowest BCUT2D eigenvalue weighted by atomic mass is 10.1. The molecular weight excluding hydrogens is 508 g/mol. The number of aromatic nitrogens is 1. The molecule has 1 fully saturated rings. The molecule has 2 amide bonds. The summed E-state index contributed by atoms with van der Waals surface area (Å²) in [5, 5.41) is 1.14. The van der Waals surface area contributed by atoms with Crippen molar-refractivity contribution in [3.05, 3.63) is 71.4 Å². The van der Waals surface area contributed by atoms with Gasteiger partial charge >= 0.3 is 5.97 Å². The van der Waals surface area contributed by atoms with Crippen LogP contribution in [0, 0.1) is 0 Å². The van der Waals surface area contributed by atoms with Crippen LogP contribution in [0.3, 0.4) is 0 Å². The molecular formula is C31H36N4O5. The van der Waals surface area contributed by atoms with Gasteiger partial charge in [0, 0.05) is 49.7 Å². The molecule has 2 aromatic carbocycles. The van der Waals surface area contributed by atoms with Crippen LogP contribution >= 0.6 is 0 Å². The van der Waals surface area contributed by atoms with E-state index in [1.54, 1.807) is 39.1 Å². The fraction of sp³-hybridized carbons (Fsp3) is 0.419. The Morgan fingerprint density at radius 1 is 1.15 bits per heavy atom. The molecule has 9 nitrogen and oxygen atoms in total. The first-order valence-electron chi connectivity index (χ1n) is 13.7. The number of rotatable bonds is 9. The molecule has 0 aliphatic carbocycles. The summed E-state index contributed by atoms with van der Waals surface area (Å²) in [6.45, 7) is 8.16. The molecule has 1 aromatic heterocycles. The van der Waals surface area contributed by atoms with Crippen LogP contribution in [0.25, 0.3) is 10.9 Å². The Morgan fingerprint density at radius 2 is 1.98 bits per heavy atom. The van der Waals surface area contributed by atoms with Crippen molar-refractivity contribution in [2.75, 3.05) is 13.1 Å². The van der Waals surface area contributed by atoms with E-state index in [0.717, 1.165) is 42.5 Å². The number of primary amides is 1. The van der Waals surface area contributed by atoms with Crippen LogP contribution in [0.4, 0.5) is 0 Å². The van der Waals surface area contributed by atoms with Gasteiger partial charge in [-0.1, -0.05) is 12.1 Å². The summed E-state index contributed by atoms with van der Waals surface area (Å²) >= 11 is 0. The molecule has 0 bridgehead atoms. The van der Waals surface area contributed by atoms with Gasteiger partial charge in [0.05, 0.1) is 5.52 Å². The number of pyridine rings is 1. The van der Waals surface area contributed by atoms with Gasteiger partial charge in [0.1, 0.15) is 23.5 Å². The average molecular weight is 545 g/mol. The number of carbonyl (C=O) groups is 3. The highest BCUT2D eigenvalue weighted by Gasteiger charge is 2.36. The lowest BCUT2D eigenvalue weighted by molar-refractivity contribution is -0.155. The normalized spacial score (nSPS) is 18.1. The second-order valence-electron chi connectivity index (χ2n) is 11.6. The topological polar surface area (TPSA) is 115 Å². The van der Waals surface area contributed by atoms with Gasteiger partial charge in [-0.2, -0.15) is 0 Å². The Morgan fingerprint density at radius 3 is 2.75 bits per heavy atom. The van der Waals surface area contributed by atoms with E-state index < -0.39 is 23.5 Å². The van der Waals surface area contributed by atoms with Crippen molar-refractivity contribution in [2.24, 2.45) is 5.73 Å². The first-order chi connectivity index (χ1) is 19.1. The molecule has 9 heteroatoms. The molecule has 2 N–H and O–H groups in total. The highest BCUT2D eigenvalue weighted by molar-refractivity contribution is 6.01. The third-order valence-corrected chi connectivity index (χ3v) is 7.26. The molecule has 0 spiro atoms. The maximum Gasteiger partial charge on any atom is 0.306 e. The summed E-state index contributed by atoms with van der Waals surface area (Å²) in [6, 6.07) is 14.9. The zero-order valence-electron chi connectivity index (χ0n) is 23.3. The van der Waals surface area contributed by atoms with Gasteiger partial charge in [0.15, 0.2) is 0 Å². The van der Waals surface area contributed by atoms with E-state index in [2.05, 4.69) is 34.1 Å². The molecule has 1 saturated heterocycles. The number of carbonyl (C=O) groups excluding carboxylic acids is 3. The molecule has 5 rings (SSSR count). The highest BCUT2D eigenvalue weighted by Crippen LogP contribution is 2.31. The fourth-order valence-corrected chi connectivity index (χ4v) is 5.45. The number of hydrogen-bond acceptors (Lipinski definition) is 7. The average Bonchev–Trinajstić information content (AvgIpc) is 3.46. The smallest absolute Gasteiger partial charge is 0.306 e. The summed E-state index contributed by atoms with van der Waals surface area (Å²) in [7, 11) is 0. The molecule has 2 aliphatic heterocycles. The van der Waals surface area contributed by atoms with Gasteiger partial charge in [-0.3, -0.25) is 24.3 Å². The number of benzene rings is 2. The third kappa shape index (κ3) is 6.42. The van der Waals surface area contributed by atoms with E-state index in [9.17, 15) is 14.4 Å². The van der Waals surface area contributed by atoms with Crippen molar-refractivity contribution in [1.29, 1.82) is 0 Å². The van der Waals surface area contributed by atoms with Gasteiger partial charge in [-0.05, 0) is 81.1 Å². The standard InChI is InChI=1S/C31H36N4O5/c1-31(2,3)40-28(36)11-10-27(29(32)37)35-18-22-16-23(7-8-25(22)30(35)38)39-24-12-14-34(19-24)17-20-6-9-26-21(15-20)5-4-13-33-26/h4-9,13,15-16,24,27H,10-12,14,17-19H2,1-3H3,(H2,32,37)/t24-,27-/m0/s1. The Hall–Kier alpha value is -3.98. The summed E-state index contributed by atoms with van der Waals surface area (Å²) in [5.74, 6) is -0.648. The monoisotopic (exact) mass is 544 g/mol. The Bertz CT molecular complexity index is 1430. The third-order valence-electron chi connectivity index (χ3n) is 7.26. The van der Waals surface area contributed by atoms with Crippen LogP contribution in [-0.4, -0.2) is 63.4 Å². The SMILES string of the molecule is CC(C)(C)OC(=O)CC[C@@H](C(N)=O)N1Cc2cc(O[C@H]3CCN(Cc4ccc5ncccc5c4)C3)ccc2C1=O. The first kappa shape index (κ1) is 27.6. The highest BCUT2D eigenvalue weighted by atomic mass is 16.6. The minimum atomic E-state index is -0.897. The molecule has 210 valence electrons. The maximum absolute atomic E-state index is 13.1. The van der Waals surface area contributed by atoms with E-state index in [1.165, 1.54) is 10.5 Å². The summed E-state index contributed by atoms with van der Waals surface area (Å²) < 4.78 is 11.6. The van der Waals surface area contributed by atoms with Crippen molar-refractivity contribution < 1.29 is 23.9 Å². The van der Waals surface area contributed by atoms with Crippen LogP contribution < -0.4 is 10.5 Å². The molecule has 2 aliphatic rings. The molecule has 40 heavy (non-hydrogen) atoms. The number of nitrogens with two attached hydrogens (primary N) is 1. The number of amides is 2. The summed E-state index contributed by atoms with van der Waals surface area (Å²) in [5.41, 5.74) is 8.56. The summed E-state index contributed by atoms with van der Waals surface area (Å²) in [6.07, 6.45) is 2.86. The number of esters is 1. The lowest BCUT2D eigenvalue weighted by Crippen LogP contribution is -2.45. The van der Waals surface area contributed by atoms with Crippen LogP contribution in [0.5, 0.6) is 5.75 Å². The van der Waals surface area contributed by atoms with Crippen molar-refractivity contribution in [2.45, 2.75) is 70.9 Å². The van der Waals surface area contributed by atoms with Gasteiger partial charge < -0.3 is 20.1 Å². The second kappa shape index (κ2) is 11.3. The molecule has 3 heterocycles. The minimum absolute atomic E-state index is 0.00631. The minimum Gasteiger partial charge on any atom is -0.489 e. The molecule has 3 aromatic rings. The number of nitrogens with zero attached hydrogens (tertiary/aromatic N) is 3. The lowest BCUT2D eigenvalue weighted by Gasteiger charge is -2.25. The molecule has 0 radical (unpaired) electrons. The van der Waals surface area contributed by atoms with Crippen LogP contribution in [-0.2, 0) is 27.4 Å². The van der Waals surface area contributed by atoms with Crippen molar-refractivity contribution in [1.82, 2.24) is 14.8 Å². The van der Waals surface area contributed by atoms with Crippen LogP contribution in [0.1, 0.15) is 61.5 Å². The summed E-state index contributed by atoms with van der Waals surface area (Å²) in [4.78, 5) is 45.8. The molecule has 2 atom stereocenters. The van der Waals surface area contributed by atoms with Crippen LogP contribution in [0.2, 0.25) is 0 Å². The number of ether oxygens (including phenoxy) is 2. The zero-order valence-corrected chi connectivity index (χ0v) is 23.3. The first-order valence-corrected chi connectivity index (χ1v) is 13.7. The second-order valence-corrected chi connectivity index (χ2v) is 11.6. The maximum atomic E-state index is 13.1. The predicted molar refractivity (Wildman–Crippen MR) is 150 cm³/mol. The Kier molecular flexibility index (Phi) is 7.76. The van der Waals surface area contributed by atoms with E-state index in [0.29, 0.717) is 11.3 Å². The quantitative estimate of drug-likeness (QED) is 0.407. The van der Waals surface area contributed by atoms with Gasteiger partial charge in [0.2, 0.25) is 5.91 Å². The van der Waals surface area contributed by atoms with Gasteiger partial charge in [-0.25, -0.2) is 0 Å². The van der Waals surface area contributed by atoms with E-state index in [-0.39, 0.29) is 31.4 Å². The van der Waals surface area contributed by atoms with Crippen molar-refractivity contribution >= 4 is 28.7 Å². The van der Waals surface area contributed by atoms with Crippen molar-refractivity contribution in [3.8, 4) is 5.75 Å². The van der Waals surface area contributed by atoms with Crippen LogP contribution in [0.15, 0.2) is 54.7 Å². The molecule has 0 unspecified atom stereocenters. The predicted octanol–water partition coefficient (Wildman–Crippen LogP) is 3.82. The van der Waals surface area contributed by atoms with E-state index in [1.807, 2.05) is 12.1 Å². The Labute approximate surface area is 234 Å². The zero-order chi connectivity index (χ0) is 28.4. The fourth-order valence-electron chi connectivity index (χ4n) is 5.45. The number of hydrogen-bond donors (Lipinski definition) is 1. The Balaban J connectivity index is 1.18. The van der Waals surface area contributed by atoms with Crippen molar-refractivity contribution in [3.63, 3.8) is 0 Å². The molecule has 0 saturated carbocycles. The van der Waals surface area contributed by atoms with Gasteiger partial charge in [0.25, 0.3) is 5.91 Å². The number of fused-ring (bicyclic) bond motifs is 2. The largest absolute Gasteiger partial charge is 0.489 e. The van der Waals surface area contributed by atoms with E-state index in [4.69, 9.17) is 15.2 Å².